The van der Waals surface area contributed by atoms with E-state index in [2.05, 4.69) is 22.8 Å². The topological polar surface area (TPSA) is 70.6 Å². The number of rotatable bonds is 4. The molecule has 5 heteroatoms. The van der Waals surface area contributed by atoms with Crippen molar-refractivity contribution in [1.82, 2.24) is 10.6 Å². The molecule has 0 saturated heterocycles. The maximum absolute atomic E-state index is 12.3. The molecule has 0 fully saturated rings. The average molecular weight is 362 g/mol. The lowest BCUT2D eigenvalue weighted by Gasteiger charge is -2.34. The number of carbonyl (C=O) groups is 1. The van der Waals surface area contributed by atoms with E-state index in [1.807, 2.05) is 54.6 Å². The minimum atomic E-state index is -1.12. The van der Waals surface area contributed by atoms with E-state index in [4.69, 9.17) is 4.74 Å². The van der Waals surface area contributed by atoms with Gasteiger partial charge in [0.05, 0.1) is 13.2 Å². The first-order valence-corrected chi connectivity index (χ1v) is 9.09. The molecule has 3 N–H and O–H groups in total. The summed E-state index contributed by atoms with van der Waals surface area (Å²) in [5, 5.41) is 18.9. The molecular weight excluding hydrogens is 340 g/mol. The second-order valence-electron chi connectivity index (χ2n) is 6.80. The highest BCUT2D eigenvalue weighted by molar-refractivity contribution is 5.86. The molecule has 0 spiro atoms. The largest absolute Gasteiger partial charge is 0.493 e. The van der Waals surface area contributed by atoms with Crippen molar-refractivity contribution in [3.05, 3.63) is 77.9 Å². The van der Waals surface area contributed by atoms with Crippen LogP contribution in [0.5, 0.6) is 5.75 Å². The monoisotopic (exact) mass is 362 g/mol. The zero-order valence-corrected chi connectivity index (χ0v) is 14.9. The van der Waals surface area contributed by atoms with Gasteiger partial charge in [-0.2, -0.15) is 0 Å². The summed E-state index contributed by atoms with van der Waals surface area (Å²) in [4.78, 5) is 12.3. The maximum atomic E-state index is 12.3. The normalized spacial score (nSPS) is 18.4. The lowest BCUT2D eigenvalue weighted by atomic mass is 9.88. The van der Waals surface area contributed by atoms with Crippen LogP contribution < -0.4 is 15.4 Å². The smallest absolute Gasteiger partial charge is 0.315 e. The van der Waals surface area contributed by atoms with Gasteiger partial charge in [0.1, 0.15) is 11.4 Å². The van der Waals surface area contributed by atoms with Gasteiger partial charge in [0, 0.05) is 18.5 Å². The summed E-state index contributed by atoms with van der Waals surface area (Å²) in [6.45, 7) is 0.979. The molecule has 1 atom stereocenters. The first-order valence-electron chi connectivity index (χ1n) is 9.09. The van der Waals surface area contributed by atoms with Crippen molar-refractivity contribution < 1.29 is 14.6 Å². The molecule has 1 aliphatic rings. The molecule has 0 bridgehead atoms. The number of ether oxygens (including phenoxy) is 1. The highest BCUT2D eigenvalue weighted by Gasteiger charge is 2.35. The summed E-state index contributed by atoms with van der Waals surface area (Å²) >= 11 is 0. The Kier molecular flexibility index (Phi) is 4.69. The van der Waals surface area contributed by atoms with Gasteiger partial charge < -0.3 is 20.5 Å². The number of aliphatic hydroxyl groups is 1. The molecular formula is C22H22N2O3. The van der Waals surface area contributed by atoms with Crippen LogP contribution in [-0.2, 0) is 12.1 Å². The van der Waals surface area contributed by atoms with Crippen LogP contribution >= 0.6 is 0 Å². The minimum Gasteiger partial charge on any atom is -0.493 e. The van der Waals surface area contributed by atoms with Crippen molar-refractivity contribution in [3.63, 3.8) is 0 Å². The van der Waals surface area contributed by atoms with E-state index in [1.165, 1.54) is 0 Å². The molecule has 0 saturated carbocycles. The Hall–Kier alpha value is -3.05. The maximum Gasteiger partial charge on any atom is 0.315 e. The Labute approximate surface area is 158 Å². The molecule has 1 heterocycles. The van der Waals surface area contributed by atoms with Crippen LogP contribution in [-0.4, -0.2) is 24.3 Å². The predicted octanol–water partition coefficient (Wildman–Crippen LogP) is 3.31. The van der Waals surface area contributed by atoms with Crippen LogP contribution in [0.4, 0.5) is 4.79 Å². The molecule has 0 unspecified atom stereocenters. The third-order valence-electron chi connectivity index (χ3n) is 5.02. The molecule has 27 heavy (non-hydrogen) atoms. The van der Waals surface area contributed by atoms with Gasteiger partial charge in [-0.05, 0) is 22.4 Å². The van der Waals surface area contributed by atoms with Crippen LogP contribution in [0.25, 0.3) is 10.8 Å². The van der Waals surface area contributed by atoms with Gasteiger partial charge in [-0.25, -0.2) is 4.79 Å². The number of hydrogen-bond acceptors (Lipinski definition) is 3. The standard InChI is InChI=1S/C22H22N2O3/c25-21(23-14-17-8-5-7-16-6-1-2-9-18(16)17)24-15-22(26)12-13-27-20-11-4-3-10-19(20)22/h1-11,26H,12-15H2,(H2,23,24,25)/t22-/m1/s1. The Balaban J connectivity index is 1.39. The van der Waals surface area contributed by atoms with Crippen LogP contribution in [0, 0.1) is 0 Å². The Morgan fingerprint density at radius 3 is 2.70 bits per heavy atom. The summed E-state index contributed by atoms with van der Waals surface area (Å²) in [5.74, 6) is 0.671. The van der Waals surface area contributed by atoms with Crippen LogP contribution in [0.15, 0.2) is 66.7 Å². The molecule has 3 aromatic rings. The lowest BCUT2D eigenvalue weighted by molar-refractivity contribution is 0.0000633. The van der Waals surface area contributed by atoms with Crippen molar-refractivity contribution in [2.75, 3.05) is 13.2 Å². The molecule has 1 aliphatic heterocycles. The fourth-order valence-electron chi connectivity index (χ4n) is 3.54. The van der Waals surface area contributed by atoms with Gasteiger partial charge in [-0.3, -0.25) is 0 Å². The number of amides is 2. The van der Waals surface area contributed by atoms with Gasteiger partial charge in [0.2, 0.25) is 0 Å². The summed E-state index contributed by atoms with van der Waals surface area (Å²) in [5.41, 5.74) is 0.648. The summed E-state index contributed by atoms with van der Waals surface area (Å²) in [6.07, 6.45) is 0.438. The third kappa shape index (κ3) is 3.59. The van der Waals surface area contributed by atoms with Crippen LogP contribution in [0.1, 0.15) is 17.5 Å². The van der Waals surface area contributed by atoms with E-state index in [1.54, 1.807) is 0 Å². The number of benzene rings is 3. The van der Waals surface area contributed by atoms with E-state index in [0.29, 0.717) is 30.9 Å². The number of carbonyl (C=O) groups excluding carboxylic acids is 1. The second kappa shape index (κ2) is 7.29. The molecule has 5 nitrogen and oxygen atoms in total. The average Bonchev–Trinajstić information content (AvgIpc) is 2.71. The Morgan fingerprint density at radius 2 is 1.78 bits per heavy atom. The first-order chi connectivity index (χ1) is 13.2. The molecule has 0 aromatic heterocycles. The zero-order chi connectivity index (χ0) is 18.7. The van der Waals surface area contributed by atoms with Crippen molar-refractivity contribution in [3.8, 4) is 5.75 Å². The van der Waals surface area contributed by atoms with Crippen molar-refractivity contribution in [1.29, 1.82) is 0 Å². The predicted molar refractivity (Wildman–Crippen MR) is 105 cm³/mol. The van der Waals surface area contributed by atoms with E-state index >= 15 is 0 Å². The molecule has 2 amide bonds. The highest BCUT2D eigenvalue weighted by atomic mass is 16.5. The fourth-order valence-corrected chi connectivity index (χ4v) is 3.54. The molecule has 3 aromatic carbocycles. The number of nitrogens with one attached hydrogen (secondary N) is 2. The van der Waals surface area contributed by atoms with Gasteiger partial charge in [-0.1, -0.05) is 60.7 Å². The Bertz CT molecular complexity index is 967. The third-order valence-corrected chi connectivity index (χ3v) is 5.02. The van der Waals surface area contributed by atoms with Crippen LogP contribution in [0.2, 0.25) is 0 Å². The molecule has 0 aliphatic carbocycles. The number of hydrogen-bond donors (Lipinski definition) is 3. The minimum absolute atomic E-state index is 0.134. The zero-order valence-electron chi connectivity index (χ0n) is 14.9. The number of fused-ring (bicyclic) bond motifs is 2. The number of urea groups is 1. The number of para-hydroxylation sites is 1. The molecule has 138 valence electrons. The van der Waals surface area contributed by atoms with Crippen molar-refractivity contribution >= 4 is 16.8 Å². The van der Waals surface area contributed by atoms with E-state index < -0.39 is 5.60 Å². The Morgan fingerprint density at radius 1 is 1.00 bits per heavy atom. The van der Waals surface area contributed by atoms with Gasteiger partial charge >= 0.3 is 6.03 Å². The first kappa shape index (κ1) is 17.4. The summed E-state index contributed by atoms with van der Waals surface area (Å²) < 4.78 is 5.58. The second-order valence-corrected chi connectivity index (χ2v) is 6.80. The van der Waals surface area contributed by atoms with Crippen molar-refractivity contribution in [2.24, 2.45) is 0 Å². The van der Waals surface area contributed by atoms with Crippen molar-refractivity contribution in [2.45, 2.75) is 18.6 Å². The lowest BCUT2D eigenvalue weighted by Crippen LogP contribution is -2.46. The summed E-state index contributed by atoms with van der Waals surface area (Å²) in [7, 11) is 0. The SMILES string of the molecule is O=C(NCc1cccc2ccccc12)NC[C@]1(O)CCOc2ccccc21. The van der Waals surface area contributed by atoms with Gasteiger partial charge in [0.25, 0.3) is 0 Å². The fraction of sp³-hybridized carbons (Fsp3) is 0.227. The quantitative estimate of drug-likeness (QED) is 0.667. The molecule has 4 rings (SSSR count). The van der Waals surface area contributed by atoms with Gasteiger partial charge in [-0.15, -0.1) is 0 Å². The van der Waals surface area contributed by atoms with Gasteiger partial charge in [0.15, 0.2) is 0 Å². The van der Waals surface area contributed by atoms with E-state index in [-0.39, 0.29) is 12.6 Å². The molecule has 0 radical (unpaired) electrons. The van der Waals surface area contributed by atoms with Crippen LogP contribution in [0.3, 0.4) is 0 Å². The summed E-state index contributed by atoms with van der Waals surface area (Å²) in [6, 6.07) is 21.2. The van der Waals surface area contributed by atoms with E-state index in [9.17, 15) is 9.90 Å². The van der Waals surface area contributed by atoms with E-state index in [0.717, 1.165) is 16.3 Å². The highest BCUT2D eigenvalue weighted by Crippen LogP contribution is 2.36.